The van der Waals surface area contributed by atoms with E-state index in [1.165, 1.54) is 58.0 Å². The Hall–Kier alpha value is -0.860. The third-order valence-electron chi connectivity index (χ3n) is 5.86. The molecule has 0 amide bonds. The number of hydrogen-bond donors (Lipinski definition) is 2. The average molecular weight is 270 g/mol. The maximum absolute atomic E-state index is 3.99. The van der Waals surface area contributed by atoms with Crippen LogP contribution in [0.2, 0.25) is 0 Å². The minimum atomic E-state index is 0.456. The van der Waals surface area contributed by atoms with Gasteiger partial charge in [0, 0.05) is 12.1 Å². The molecule has 1 atom stereocenters. The molecule has 2 nitrogen and oxygen atoms in total. The first-order valence-corrected chi connectivity index (χ1v) is 8.44. The Balaban J connectivity index is 1.62. The van der Waals surface area contributed by atoms with Crippen LogP contribution in [0.25, 0.3) is 0 Å². The van der Waals surface area contributed by atoms with Gasteiger partial charge in [0.25, 0.3) is 0 Å². The summed E-state index contributed by atoms with van der Waals surface area (Å²) in [7, 11) is 0. The van der Waals surface area contributed by atoms with Crippen LogP contribution in [0.4, 0.5) is 0 Å². The molecule has 1 saturated carbocycles. The SMILES string of the molecule is c1ccc2c(c1)[C@H](NC1CCCC1)CC21CCNCC1. The lowest BCUT2D eigenvalue weighted by atomic mass is 9.74. The highest BCUT2D eigenvalue weighted by atomic mass is 15.0. The van der Waals surface area contributed by atoms with Crippen molar-refractivity contribution in [2.75, 3.05) is 13.1 Å². The molecule has 1 heterocycles. The predicted octanol–water partition coefficient (Wildman–Crippen LogP) is 3.28. The molecule has 20 heavy (non-hydrogen) atoms. The quantitative estimate of drug-likeness (QED) is 0.862. The van der Waals surface area contributed by atoms with Gasteiger partial charge in [-0.2, -0.15) is 0 Å². The summed E-state index contributed by atoms with van der Waals surface area (Å²) in [6.45, 7) is 2.37. The minimum Gasteiger partial charge on any atom is -0.317 e. The Morgan fingerprint density at radius 3 is 2.60 bits per heavy atom. The number of nitrogens with one attached hydrogen (secondary N) is 2. The summed E-state index contributed by atoms with van der Waals surface area (Å²) in [5.74, 6) is 0. The Labute approximate surface area is 122 Å². The molecule has 0 unspecified atom stereocenters. The first kappa shape index (κ1) is 12.8. The van der Waals surface area contributed by atoms with E-state index in [1.807, 2.05) is 0 Å². The third-order valence-corrected chi connectivity index (χ3v) is 5.86. The summed E-state index contributed by atoms with van der Waals surface area (Å²) < 4.78 is 0. The molecule has 1 aromatic carbocycles. The van der Waals surface area contributed by atoms with Gasteiger partial charge in [0.2, 0.25) is 0 Å². The Bertz CT molecular complexity index is 470. The van der Waals surface area contributed by atoms with E-state index in [1.54, 1.807) is 11.1 Å². The fourth-order valence-corrected chi connectivity index (χ4v) is 4.80. The fraction of sp³-hybridized carbons (Fsp3) is 0.667. The molecule has 2 fully saturated rings. The van der Waals surface area contributed by atoms with Crippen molar-refractivity contribution in [3.63, 3.8) is 0 Å². The van der Waals surface area contributed by atoms with Gasteiger partial charge in [-0.3, -0.25) is 0 Å². The minimum absolute atomic E-state index is 0.456. The molecule has 3 aliphatic rings. The number of hydrogen-bond acceptors (Lipinski definition) is 2. The molecule has 0 radical (unpaired) electrons. The highest BCUT2D eigenvalue weighted by molar-refractivity contribution is 5.42. The molecular formula is C18H26N2. The van der Waals surface area contributed by atoms with E-state index in [2.05, 4.69) is 34.9 Å². The summed E-state index contributed by atoms with van der Waals surface area (Å²) in [4.78, 5) is 0. The molecule has 1 aromatic rings. The first-order valence-electron chi connectivity index (χ1n) is 8.44. The normalized spacial score (nSPS) is 28.9. The molecule has 0 aromatic heterocycles. The largest absolute Gasteiger partial charge is 0.317 e. The van der Waals surface area contributed by atoms with Crippen LogP contribution in [0.5, 0.6) is 0 Å². The zero-order valence-corrected chi connectivity index (χ0v) is 12.3. The Morgan fingerprint density at radius 1 is 1.05 bits per heavy atom. The number of rotatable bonds is 2. The molecule has 4 rings (SSSR count). The first-order chi connectivity index (χ1) is 9.87. The van der Waals surface area contributed by atoms with Crippen LogP contribution < -0.4 is 10.6 Å². The molecule has 1 saturated heterocycles. The molecule has 2 aliphatic carbocycles. The summed E-state index contributed by atoms with van der Waals surface area (Å²) in [6, 6.07) is 10.6. The lowest BCUT2D eigenvalue weighted by molar-refractivity contribution is 0.275. The van der Waals surface area contributed by atoms with Crippen molar-refractivity contribution < 1.29 is 0 Å². The van der Waals surface area contributed by atoms with Crippen molar-refractivity contribution in [1.82, 2.24) is 10.6 Å². The smallest absolute Gasteiger partial charge is 0.0334 e. The number of benzene rings is 1. The monoisotopic (exact) mass is 270 g/mol. The lowest BCUT2D eigenvalue weighted by Gasteiger charge is -2.35. The molecule has 2 N–H and O–H groups in total. The number of fused-ring (bicyclic) bond motifs is 2. The maximum atomic E-state index is 3.99. The second-order valence-corrected chi connectivity index (χ2v) is 7.02. The molecule has 2 heteroatoms. The summed E-state index contributed by atoms with van der Waals surface area (Å²) in [5.41, 5.74) is 3.70. The highest BCUT2D eigenvalue weighted by Crippen LogP contribution is 2.50. The molecule has 1 spiro atoms. The highest BCUT2D eigenvalue weighted by Gasteiger charge is 2.44. The van der Waals surface area contributed by atoms with Gasteiger partial charge in [0.1, 0.15) is 0 Å². The van der Waals surface area contributed by atoms with Crippen molar-refractivity contribution in [1.29, 1.82) is 0 Å². The zero-order chi connectivity index (χ0) is 13.4. The second kappa shape index (κ2) is 5.16. The van der Waals surface area contributed by atoms with Crippen LogP contribution in [0.3, 0.4) is 0 Å². The van der Waals surface area contributed by atoms with E-state index in [4.69, 9.17) is 0 Å². The van der Waals surface area contributed by atoms with Crippen LogP contribution in [0.1, 0.15) is 62.1 Å². The van der Waals surface area contributed by atoms with E-state index >= 15 is 0 Å². The molecule has 0 bridgehead atoms. The number of piperidine rings is 1. The van der Waals surface area contributed by atoms with Crippen LogP contribution in [0.15, 0.2) is 24.3 Å². The third kappa shape index (κ3) is 2.10. The van der Waals surface area contributed by atoms with Crippen molar-refractivity contribution in [2.45, 2.75) is 62.4 Å². The van der Waals surface area contributed by atoms with Crippen molar-refractivity contribution >= 4 is 0 Å². The van der Waals surface area contributed by atoms with E-state index in [0.717, 1.165) is 6.04 Å². The van der Waals surface area contributed by atoms with Crippen LogP contribution >= 0.6 is 0 Å². The van der Waals surface area contributed by atoms with Gasteiger partial charge in [-0.05, 0) is 61.7 Å². The lowest BCUT2D eigenvalue weighted by Crippen LogP contribution is -2.39. The van der Waals surface area contributed by atoms with Crippen LogP contribution in [-0.4, -0.2) is 19.1 Å². The van der Waals surface area contributed by atoms with Gasteiger partial charge in [0.05, 0.1) is 0 Å². The van der Waals surface area contributed by atoms with Gasteiger partial charge >= 0.3 is 0 Å². The molecular weight excluding hydrogens is 244 g/mol. The Kier molecular flexibility index (Phi) is 3.31. The predicted molar refractivity (Wildman–Crippen MR) is 83.0 cm³/mol. The van der Waals surface area contributed by atoms with Crippen LogP contribution in [-0.2, 0) is 5.41 Å². The zero-order valence-electron chi connectivity index (χ0n) is 12.3. The van der Waals surface area contributed by atoms with E-state index in [9.17, 15) is 0 Å². The Morgan fingerprint density at radius 2 is 1.80 bits per heavy atom. The average Bonchev–Trinajstić information content (AvgIpc) is 3.09. The maximum Gasteiger partial charge on any atom is 0.0334 e. The standard InChI is InChI=1S/C18H26N2/c1-2-6-14(5-1)20-17-13-18(9-11-19-12-10-18)16-8-4-3-7-15(16)17/h3-4,7-8,14,17,19-20H,1-2,5-6,9-13H2/t17-/m1/s1. The van der Waals surface area contributed by atoms with Crippen LogP contribution in [0, 0.1) is 0 Å². The summed E-state index contributed by atoms with van der Waals surface area (Å²) in [5, 5.41) is 7.52. The molecule has 108 valence electrons. The van der Waals surface area contributed by atoms with Gasteiger partial charge in [-0.25, -0.2) is 0 Å². The van der Waals surface area contributed by atoms with Crippen molar-refractivity contribution in [3.8, 4) is 0 Å². The second-order valence-electron chi connectivity index (χ2n) is 7.02. The van der Waals surface area contributed by atoms with Gasteiger partial charge in [0.15, 0.2) is 0 Å². The van der Waals surface area contributed by atoms with Gasteiger partial charge < -0.3 is 10.6 Å². The summed E-state index contributed by atoms with van der Waals surface area (Å²) in [6.07, 6.45) is 9.55. The summed E-state index contributed by atoms with van der Waals surface area (Å²) >= 11 is 0. The van der Waals surface area contributed by atoms with E-state index < -0.39 is 0 Å². The van der Waals surface area contributed by atoms with E-state index in [0.29, 0.717) is 11.5 Å². The topological polar surface area (TPSA) is 24.1 Å². The molecule has 1 aliphatic heterocycles. The fourth-order valence-electron chi connectivity index (χ4n) is 4.80. The van der Waals surface area contributed by atoms with Gasteiger partial charge in [-0.1, -0.05) is 37.1 Å². The van der Waals surface area contributed by atoms with E-state index in [-0.39, 0.29) is 0 Å². The van der Waals surface area contributed by atoms with Gasteiger partial charge in [-0.15, -0.1) is 0 Å². The van der Waals surface area contributed by atoms with Crippen molar-refractivity contribution in [2.24, 2.45) is 0 Å². The van der Waals surface area contributed by atoms with Crippen molar-refractivity contribution in [3.05, 3.63) is 35.4 Å².